The van der Waals surface area contributed by atoms with Crippen molar-refractivity contribution in [2.75, 3.05) is 16.3 Å². The lowest BCUT2D eigenvalue weighted by Crippen LogP contribution is -2.10. The van der Waals surface area contributed by atoms with Crippen LogP contribution in [0.15, 0.2) is 58.5 Å². The Balaban J connectivity index is 1.77. The Morgan fingerprint density at radius 2 is 2.04 bits per heavy atom. The summed E-state index contributed by atoms with van der Waals surface area (Å²) in [6.45, 7) is 0. The normalized spacial score (nSPS) is 10.4. The van der Waals surface area contributed by atoms with Crippen LogP contribution in [0.2, 0.25) is 0 Å². The van der Waals surface area contributed by atoms with Crippen molar-refractivity contribution < 1.29 is 4.79 Å². The monoisotopic (exact) mass is 419 g/mol. The van der Waals surface area contributed by atoms with E-state index >= 15 is 0 Å². The quantitative estimate of drug-likeness (QED) is 0.534. The summed E-state index contributed by atoms with van der Waals surface area (Å²) < 4.78 is 4.06. The molecule has 0 aliphatic heterocycles. The lowest BCUT2D eigenvalue weighted by Gasteiger charge is -2.08. The molecule has 7 heteroatoms. The second-order valence-corrected chi connectivity index (χ2v) is 7.34. The zero-order valence-electron chi connectivity index (χ0n) is 12.7. The first-order chi connectivity index (χ1) is 11.7. The number of anilines is 2. The number of hydrogen-bond donors (Lipinski definition) is 2. The van der Waals surface area contributed by atoms with Crippen LogP contribution in [0.25, 0.3) is 11.3 Å². The number of rotatable bonds is 5. The maximum absolute atomic E-state index is 12.5. The number of aromatic nitrogens is 1. The fourth-order valence-corrected chi connectivity index (χ4v) is 3.80. The first-order valence-electron chi connectivity index (χ1n) is 7.06. The van der Waals surface area contributed by atoms with Crippen molar-refractivity contribution >= 4 is 56.5 Å². The van der Waals surface area contributed by atoms with Crippen molar-refractivity contribution in [3.8, 4) is 11.3 Å². The summed E-state index contributed by atoms with van der Waals surface area (Å²) in [4.78, 5) is 17.4. The highest BCUT2D eigenvalue weighted by Gasteiger charge is 2.12. The van der Waals surface area contributed by atoms with Crippen LogP contribution in [-0.2, 0) is 0 Å². The standard InChI is InChI=1S/C17H14BrN3OS2/c1-23-21-14-8-12(18)7-13(9-14)20-17(22)16-6-11(10-24-16)15-4-2-3-5-19-15/h2-10,21H,1H3,(H,20,22). The van der Waals surface area contributed by atoms with E-state index < -0.39 is 0 Å². The number of carbonyl (C=O) groups is 1. The molecule has 0 aliphatic rings. The molecule has 3 aromatic rings. The van der Waals surface area contributed by atoms with Gasteiger partial charge in [0.05, 0.1) is 10.6 Å². The molecule has 0 aliphatic carbocycles. The summed E-state index contributed by atoms with van der Waals surface area (Å²) in [5, 5.41) is 4.88. The van der Waals surface area contributed by atoms with Gasteiger partial charge < -0.3 is 10.0 Å². The van der Waals surface area contributed by atoms with E-state index in [-0.39, 0.29) is 5.91 Å². The number of halogens is 1. The molecule has 0 bridgehead atoms. The van der Waals surface area contributed by atoms with E-state index in [0.717, 1.165) is 27.1 Å². The highest BCUT2D eigenvalue weighted by molar-refractivity contribution is 9.10. The van der Waals surface area contributed by atoms with E-state index in [2.05, 4.69) is 31.0 Å². The van der Waals surface area contributed by atoms with Gasteiger partial charge in [-0.2, -0.15) is 0 Å². The summed E-state index contributed by atoms with van der Waals surface area (Å²) in [5.41, 5.74) is 3.47. The van der Waals surface area contributed by atoms with Crippen LogP contribution in [0, 0.1) is 0 Å². The van der Waals surface area contributed by atoms with Gasteiger partial charge in [-0.1, -0.05) is 33.9 Å². The van der Waals surface area contributed by atoms with Gasteiger partial charge in [-0.25, -0.2) is 0 Å². The molecule has 0 atom stereocenters. The molecule has 0 saturated carbocycles. The minimum atomic E-state index is -0.129. The zero-order valence-corrected chi connectivity index (χ0v) is 16.0. The summed E-state index contributed by atoms with van der Waals surface area (Å²) >= 11 is 6.36. The van der Waals surface area contributed by atoms with Crippen LogP contribution in [0.1, 0.15) is 9.67 Å². The van der Waals surface area contributed by atoms with E-state index in [0.29, 0.717) is 4.88 Å². The van der Waals surface area contributed by atoms with Gasteiger partial charge in [-0.3, -0.25) is 9.78 Å². The van der Waals surface area contributed by atoms with E-state index in [1.165, 1.54) is 23.3 Å². The number of carbonyl (C=O) groups excluding carboxylic acids is 1. The molecule has 2 N–H and O–H groups in total. The van der Waals surface area contributed by atoms with Crippen molar-refractivity contribution in [1.82, 2.24) is 4.98 Å². The molecule has 2 aromatic heterocycles. The summed E-state index contributed by atoms with van der Waals surface area (Å²) in [6.07, 6.45) is 3.69. The molecule has 2 heterocycles. The second-order valence-electron chi connectivity index (χ2n) is 4.90. The van der Waals surface area contributed by atoms with Crippen molar-refractivity contribution in [2.45, 2.75) is 0 Å². The van der Waals surface area contributed by atoms with Gasteiger partial charge in [0.15, 0.2) is 0 Å². The van der Waals surface area contributed by atoms with Crippen LogP contribution in [-0.4, -0.2) is 17.1 Å². The van der Waals surface area contributed by atoms with Crippen LogP contribution in [0.5, 0.6) is 0 Å². The largest absolute Gasteiger partial charge is 0.330 e. The van der Waals surface area contributed by atoms with E-state index in [9.17, 15) is 4.79 Å². The topological polar surface area (TPSA) is 54.0 Å². The molecule has 4 nitrogen and oxygen atoms in total. The van der Waals surface area contributed by atoms with E-state index in [1.54, 1.807) is 6.20 Å². The first kappa shape index (κ1) is 17.0. The van der Waals surface area contributed by atoms with E-state index in [1.807, 2.05) is 54.1 Å². The lowest BCUT2D eigenvalue weighted by atomic mass is 10.2. The minimum Gasteiger partial charge on any atom is -0.330 e. The van der Waals surface area contributed by atoms with Crippen molar-refractivity contribution in [3.05, 3.63) is 63.4 Å². The number of thiophene rings is 1. The van der Waals surface area contributed by atoms with Crippen LogP contribution < -0.4 is 10.0 Å². The van der Waals surface area contributed by atoms with Crippen molar-refractivity contribution in [2.24, 2.45) is 0 Å². The molecular weight excluding hydrogens is 406 g/mol. The molecule has 3 rings (SSSR count). The third-order valence-electron chi connectivity index (χ3n) is 3.16. The number of amides is 1. The Morgan fingerprint density at radius 1 is 1.21 bits per heavy atom. The highest BCUT2D eigenvalue weighted by atomic mass is 79.9. The Morgan fingerprint density at radius 3 is 2.79 bits per heavy atom. The second kappa shape index (κ2) is 7.83. The molecule has 0 radical (unpaired) electrons. The van der Waals surface area contributed by atoms with Gasteiger partial charge in [-0.15, -0.1) is 11.3 Å². The molecular formula is C17H14BrN3OS2. The summed E-state index contributed by atoms with van der Waals surface area (Å²) in [6, 6.07) is 13.3. The van der Waals surface area contributed by atoms with Gasteiger partial charge >= 0.3 is 0 Å². The van der Waals surface area contributed by atoms with Gasteiger partial charge in [0.1, 0.15) is 0 Å². The van der Waals surface area contributed by atoms with Crippen molar-refractivity contribution in [3.63, 3.8) is 0 Å². The number of pyridine rings is 1. The maximum atomic E-state index is 12.5. The average molecular weight is 420 g/mol. The predicted octanol–water partition coefficient (Wildman–Crippen LogP) is 5.51. The minimum absolute atomic E-state index is 0.129. The van der Waals surface area contributed by atoms with Gasteiger partial charge in [0.25, 0.3) is 5.91 Å². The third kappa shape index (κ3) is 4.17. The Kier molecular flexibility index (Phi) is 5.55. The van der Waals surface area contributed by atoms with Gasteiger partial charge in [0.2, 0.25) is 0 Å². The van der Waals surface area contributed by atoms with Crippen LogP contribution >= 0.6 is 39.2 Å². The first-order valence-corrected chi connectivity index (χ1v) is 9.96. The SMILES string of the molecule is CSNc1cc(Br)cc(NC(=O)c2cc(-c3ccccn3)cs2)c1. The number of nitrogens with zero attached hydrogens (tertiary/aromatic N) is 1. The number of hydrogen-bond acceptors (Lipinski definition) is 5. The molecule has 0 fully saturated rings. The fourth-order valence-electron chi connectivity index (χ4n) is 2.15. The van der Waals surface area contributed by atoms with Crippen molar-refractivity contribution in [1.29, 1.82) is 0 Å². The molecule has 122 valence electrons. The lowest BCUT2D eigenvalue weighted by molar-refractivity contribution is 0.103. The molecule has 0 spiro atoms. The van der Waals surface area contributed by atoms with Gasteiger partial charge in [0, 0.05) is 39.2 Å². The molecule has 1 amide bonds. The molecule has 0 saturated heterocycles. The Bertz CT molecular complexity index is 852. The fraction of sp³-hybridized carbons (Fsp3) is 0.0588. The Labute approximate surface area is 157 Å². The van der Waals surface area contributed by atoms with Crippen LogP contribution in [0.4, 0.5) is 11.4 Å². The summed E-state index contributed by atoms with van der Waals surface area (Å²) in [7, 11) is 0. The number of nitrogens with one attached hydrogen (secondary N) is 2. The predicted molar refractivity (Wildman–Crippen MR) is 107 cm³/mol. The zero-order chi connectivity index (χ0) is 16.9. The van der Waals surface area contributed by atoms with E-state index in [4.69, 9.17) is 0 Å². The maximum Gasteiger partial charge on any atom is 0.265 e. The molecule has 24 heavy (non-hydrogen) atoms. The summed E-state index contributed by atoms with van der Waals surface area (Å²) in [5.74, 6) is -0.129. The molecule has 0 unspecified atom stereocenters. The average Bonchev–Trinajstić information content (AvgIpc) is 3.05. The third-order valence-corrected chi connectivity index (χ3v) is 4.99. The van der Waals surface area contributed by atoms with Gasteiger partial charge in [-0.05, 0) is 36.4 Å². The smallest absolute Gasteiger partial charge is 0.265 e. The highest BCUT2D eigenvalue weighted by Crippen LogP contribution is 2.27. The number of benzene rings is 1. The molecule has 1 aromatic carbocycles. The van der Waals surface area contributed by atoms with Crippen LogP contribution in [0.3, 0.4) is 0 Å². The Hall–Kier alpha value is -1.83.